The third-order valence-electron chi connectivity index (χ3n) is 3.79. The Balaban J connectivity index is 1.65. The van der Waals surface area contributed by atoms with E-state index < -0.39 is 15.8 Å². The van der Waals surface area contributed by atoms with Gasteiger partial charge in [-0.2, -0.15) is 0 Å². The van der Waals surface area contributed by atoms with Gasteiger partial charge in [0.15, 0.2) is 0 Å². The number of aromatic nitrogens is 1. The van der Waals surface area contributed by atoms with Crippen LogP contribution >= 0.6 is 11.6 Å². The number of halogens is 2. The van der Waals surface area contributed by atoms with Crippen LogP contribution in [0.3, 0.4) is 0 Å². The summed E-state index contributed by atoms with van der Waals surface area (Å²) in [5, 5.41) is 2.51. The van der Waals surface area contributed by atoms with Crippen LogP contribution in [-0.4, -0.2) is 19.3 Å². The van der Waals surface area contributed by atoms with Gasteiger partial charge in [-0.25, -0.2) is 17.5 Å². The normalized spacial score (nSPS) is 11.2. The summed E-state index contributed by atoms with van der Waals surface area (Å²) in [6.45, 7) is -0.0134. The quantitative estimate of drug-likeness (QED) is 0.639. The van der Waals surface area contributed by atoms with Crippen molar-refractivity contribution in [3.63, 3.8) is 0 Å². The lowest BCUT2D eigenvalue weighted by Gasteiger charge is -2.09. The van der Waals surface area contributed by atoms with Crippen LogP contribution in [0, 0.1) is 5.82 Å². The van der Waals surface area contributed by atoms with E-state index in [1.165, 1.54) is 6.20 Å². The van der Waals surface area contributed by atoms with Crippen LogP contribution in [0.2, 0.25) is 5.02 Å². The highest BCUT2D eigenvalue weighted by Crippen LogP contribution is 2.22. The van der Waals surface area contributed by atoms with Gasteiger partial charge in [-0.1, -0.05) is 23.7 Å². The van der Waals surface area contributed by atoms with Gasteiger partial charge >= 0.3 is 0 Å². The number of benzene rings is 2. The van der Waals surface area contributed by atoms with Crippen molar-refractivity contribution in [3.8, 4) is 0 Å². The van der Waals surface area contributed by atoms with Crippen molar-refractivity contribution >= 4 is 33.2 Å². The Morgan fingerprint density at radius 1 is 1.11 bits per heavy atom. The lowest BCUT2D eigenvalue weighted by molar-refractivity contribution is 0.102. The first kappa shape index (κ1) is 19.9. The molecule has 0 saturated heterocycles. The first-order valence-corrected chi connectivity index (χ1v) is 9.96. The Morgan fingerprint density at radius 3 is 2.50 bits per heavy atom. The summed E-state index contributed by atoms with van der Waals surface area (Å²) in [5.41, 5.74) is 1.62. The van der Waals surface area contributed by atoms with Crippen molar-refractivity contribution in [3.05, 3.63) is 89.0 Å². The molecule has 0 spiro atoms. The Hall–Kier alpha value is -2.81. The Morgan fingerprint density at radius 2 is 1.86 bits per heavy atom. The molecule has 0 radical (unpaired) electrons. The molecule has 0 fully saturated rings. The summed E-state index contributed by atoms with van der Waals surface area (Å²) in [7, 11) is -3.91. The van der Waals surface area contributed by atoms with E-state index >= 15 is 0 Å². The van der Waals surface area contributed by atoms with E-state index in [0.717, 1.165) is 18.2 Å². The number of carbonyl (C=O) groups is 1. The fourth-order valence-corrected chi connectivity index (χ4v) is 3.91. The van der Waals surface area contributed by atoms with Crippen LogP contribution in [0.25, 0.3) is 0 Å². The number of carbonyl (C=O) groups excluding carboxylic acids is 1. The maximum Gasteiger partial charge on any atom is 0.255 e. The minimum absolute atomic E-state index is 0.0134. The Labute approximate surface area is 166 Å². The maximum absolute atomic E-state index is 13.1. The van der Waals surface area contributed by atoms with Gasteiger partial charge in [0.1, 0.15) is 10.7 Å². The van der Waals surface area contributed by atoms with Gasteiger partial charge in [0.2, 0.25) is 10.0 Å². The van der Waals surface area contributed by atoms with Crippen LogP contribution in [0.4, 0.5) is 10.1 Å². The van der Waals surface area contributed by atoms with Crippen LogP contribution in [-0.2, 0) is 16.6 Å². The van der Waals surface area contributed by atoms with Crippen molar-refractivity contribution < 1.29 is 17.6 Å². The molecular formula is C19H15ClFN3O3S. The molecule has 0 aliphatic carbocycles. The standard InChI is InChI=1S/C19H15ClFN3O3S/c20-17-10-15(21)7-8-18(17)28(26,27)23-11-13-3-5-14(6-4-13)19(25)24-16-2-1-9-22-12-16/h1-10,12,23H,11H2,(H,24,25). The molecule has 9 heteroatoms. The lowest BCUT2D eigenvalue weighted by Crippen LogP contribution is -2.23. The molecule has 144 valence electrons. The molecule has 0 bridgehead atoms. The number of pyridine rings is 1. The smallest absolute Gasteiger partial charge is 0.255 e. The summed E-state index contributed by atoms with van der Waals surface area (Å²) in [6, 6.07) is 12.9. The molecule has 0 saturated carbocycles. The van der Waals surface area contributed by atoms with Gasteiger partial charge in [0, 0.05) is 18.3 Å². The topological polar surface area (TPSA) is 88.2 Å². The average Bonchev–Trinajstić information content (AvgIpc) is 2.67. The average molecular weight is 420 g/mol. The van der Waals surface area contributed by atoms with E-state index in [1.54, 1.807) is 42.6 Å². The van der Waals surface area contributed by atoms with Crippen molar-refractivity contribution in [1.29, 1.82) is 0 Å². The Kier molecular flexibility index (Phi) is 6.03. The summed E-state index contributed by atoms with van der Waals surface area (Å²) < 4.78 is 40.1. The van der Waals surface area contributed by atoms with Crippen molar-refractivity contribution in [2.75, 3.05) is 5.32 Å². The SMILES string of the molecule is O=C(Nc1cccnc1)c1ccc(CNS(=O)(=O)c2ccc(F)cc2Cl)cc1. The third-order valence-corrected chi connectivity index (χ3v) is 5.67. The zero-order chi connectivity index (χ0) is 20.1. The number of amides is 1. The van der Waals surface area contributed by atoms with Gasteiger partial charge in [-0.15, -0.1) is 0 Å². The molecule has 3 rings (SSSR count). The van der Waals surface area contributed by atoms with E-state index in [9.17, 15) is 17.6 Å². The van der Waals surface area contributed by atoms with Crippen LogP contribution in [0.15, 0.2) is 71.9 Å². The fraction of sp³-hybridized carbons (Fsp3) is 0.0526. The van der Waals surface area contributed by atoms with E-state index in [2.05, 4.69) is 15.0 Å². The molecule has 28 heavy (non-hydrogen) atoms. The summed E-state index contributed by atoms with van der Waals surface area (Å²) >= 11 is 5.81. The minimum atomic E-state index is -3.91. The molecule has 1 aromatic heterocycles. The second-order valence-electron chi connectivity index (χ2n) is 5.79. The summed E-state index contributed by atoms with van der Waals surface area (Å²) in [4.78, 5) is 15.9. The number of nitrogens with one attached hydrogen (secondary N) is 2. The summed E-state index contributed by atoms with van der Waals surface area (Å²) in [6.07, 6.45) is 3.13. The molecule has 3 aromatic rings. The number of rotatable bonds is 6. The lowest BCUT2D eigenvalue weighted by atomic mass is 10.1. The molecule has 2 aromatic carbocycles. The van der Waals surface area contributed by atoms with Gasteiger partial charge in [0.25, 0.3) is 5.91 Å². The first-order chi connectivity index (χ1) is 13.3. The molecule has 1 heterocycles. The number of anilines is 1. The predicted molar refractivity (Wildman–Crippen MR) is 104 cm³/mol. The third kappa shape index (κ3) is 4.92. The van der Waals surface area contributed by atoms with Gasteiger partial charge in [-0.3, -0.25) is 9.78 Å². The van der Waals surface area contributed by atoms with Crippen LogP contribution < -0.4 is 10.0 Å². The van der Waals surface area contributed by atoms with Crippen molar-refractivity contribution in [2.24, 2.45) is 0 Å². The van der Waals surface area contributed by atoms with E-state index in [4.69, 9.17) is 11.6 Å². The molecule has 0 aliphatic rings. The van der Waals surface area contributed by atoms with Crippen LogP contribution in [0.5, 0.6) is 0 Å². The number of sulfonamides is 1. The van der Waals surface area contributed by atoms with E-state index in [0.29, 0.717) is 16.8 Å². The molecule has 2 N–H and O–H groups in total. The minimum Gasteiger partial charge on any atom is -0.321 e. The summed E-state index contributed by atoms with van der Waals surface area (Å²) in [5.74, 6) is -0.928. The second kappa shape index (κ2) is 8.47. The van der Waals surface area contributed by atoms with Crippen molar-refractivity contribution in [2.45, 2.75) is 11.4 Å². The van der Waals surface area contributed by atoms with Crippen molar-refractivity contribution in [1.82, 2.24) is 9.71 Å². The molecular weight excluding hydrogens is 405 g/mol. The molecule has 1 amide bonds. The highest BCUT2D eigenvalue weighted by molar-refractivity contribution is 7.89. The zero-order valence-corrected chi connectivity index (χ0v) is 16.0. The molecule has 0 atom stereocenters. The highest BCUT2D eigenvalue weighted by atomic mass is 35.5. The van der Waals surface area contributed by atoms with Gasteiger partial charge in [0.05, 0.1) is 16.9 Å². The first-order valence-electron chi connectivity index (χ1n) is 8.10. The van der Waals surface area contributed by atoms with Crippen LogP contribution in [0.1, 0.15) is 15.9 Å². The zero-order valence-electron chi connectivity index (χ0n) is 14.4. The second-order valence-corrected chi connectivity index (χ2v) is 7.93. The number of hydrogen-bond donors (Lipinski definition) is 2. The Bertz CT molecular complexity index is 1090. The highest BCUT2D eigenvalue weighted by Gasteiger charge is 2.18. The predicted octanol–water partition coefficient (Wildman–Crippen LogP) is 3.60. The maximum atomic E-state index is 13.1. The largest absolute Gasteiger partial charge is 0.321 e. The monoisotopic (exact) mass is 419 g/mol. The number of nitrogens with zero attached hydrogens (tertiary/aromatic N) is 1. The fourth-order valence-electron chi connectivity index (χ4n) is 2.36. The van der Waals surface area contributed by atoms with Gasteiger partial charge in [-0.05, 0) is 48.0 Å². The van der Waals surface area contributed by atoms with E-state index in [1.807, 2.05) is 0 Å². The molecule has 0 unspecified atom stereocenters. The van der Waals surface area contributed by atoms with E-state index in [-0.39, 0.29) is 22.4 Å². The van der Waals surface area contributed by atoms with Gasteiger partial charge < -0.3 is 5.32 Å². The molecule has 6 nitrogen and oxygen atoms in total. The number of hydrogen-bond acceptors (Lipinski definition) is 4. The molecule has 0 aliphatic heterocycles.